The number of alkyl carbamates (subject to hydrolysis) is 1. The number of esters is 1. The molecule has 0 spiro atoms. The van der Waals surface area contributed by atoms with Gasteiger partial charge in [-0.1, -0.05) is 96.8 Å². The molecular weight excluding hydrogens is 578 g/mol. The Balaban J connectivity index is 3.19. The third-order valence-corrected chi connectivity index (χ3v) is 6.88. The summed E-state index contributed by atoms with van der Waals surface area (Å²) in [5.74, 6) is -0.134. The SMILES string of the molecule is CCCCCCCCCCCCCCCCCC(=O)OCCOCCOCCOCCOCCOCCNC(=O)OC(C)(C)C. The number of hydrogen-bond acceptors (Lipinski definition) is 9. The van der Waals surface area contributed by atoms with Gasteiger partial charge >= 0.3 is 12.1 Å². The summed E-state index contributed by atoms with van der Waals surface area (Å²) >= 11 is 0. The van der Waals surface area contributed by atoms with Crippen LogP contribution in [0.15, 0.2) is 0 Å². The topological polar surface area (TPSA) is 111 Å². The second-order valence-corrected chi connectivity index (χ2v) is 12.4. The highest BCUT2D eigenvalue weighted by atomic mass is 16.6. The predicted octanol–water partition coefficient (Wildman–Crippen LogP) is 7.40. The van der Waals surface area contributed by atoms with E-state index in [0.29, 0.717) is 79.0 Å². The normalized spacial score (nSPS) is 11.6. The Morgan fingerprint density at radius 3 is 1.24 bits per heavy atom. The molecule has 0 aliphatic heterocycles. The van der Waals surface area contributed by atoms with Crippen LogP contribution in [-0.2, 0) is 38.0 Å². The van der Waals surface area contributed by atoms with Crippen LogP contribution in [0.1, 0.15) is 130 Å². The van der Waals surface area contributed by atoms with Crippen molar-refractivity contribution in [3.63, 3.8) is 0 Å². The van der Waals surface area contributed by atoms with Crippen LogP contribution in [0.3, 0.4) is 0 Å². The van der Waals surface area contributed by atoms with Crippen molar-refractivity contribution < 1.29 is 42.7 Å². The Bertz CT molecular complexity index is 643. The van der Waals surface area contributed by atoms with E-state index >= 15 is 0 Å². The molecule has 0 radical (unpaired) electrons. The average Bonchev–Trinajstić information content (AvgIpc) is 2.99. The molecule has 1 amide bonds. The number of nitrogens with one attached hydrogen (secondary N) is 1. The fourth-order valence-electron chi connectivity index (χ4n) is 4.45. The summed E-state index contributed by atoms with van der Waals surface area (Å²) in [5.41, 5.74) is -0.509. The molecule has 1 N–H and O–H groups in total. The third kappa shape index (κ3) is 38.6. The molecule has 0 atom stereocenters. The van der Waals surface area contributed by atoms with Gasteiger partial charge in [0.1, 0.15) is 12.2 Å². The highest BCUT2D eigenvalue weighted by molar-refractivity contribution is 5.69. The molecule has 0 bridgehead atoms. The average molecular weight is 648 g/mol. The highest BCUT2D eigenvalue weighted by Crippen LogP contribution is 2.14. The Morgan fingerprint density at radius 1 is 0.489 bits per heavy atom. The zero-order chi connectivity index (χ0) is 33.1. The fraction of sp³-hybridized carbons (Fsp3) is 0.943. The first-order chi connectivity index (χ1) is 21.8. The van der Waals surface area contributed by atoms with Gasteiger partial charge in [0.2, 0.25) is 0 Å². The smallest absolute Gasteiger partial charge is 0.407 e. The Labute approximate surface area is 275 Å². The van der Waals surface area contributed by atoms with Crippen LogP contribution in [0.2, 0.25) is 0 Å². The van der Waals surface area contributed by atoms with E-state index < -0.39 is 11.7 Å². The molecule has 10 nitrogen and oxygen atoms in total. The molecule has 0 aromatic heterocycles. The van der Waals surface area contributed by atoms with E-state index in [4.69, 9.17) is 33.2 Å². The van der Waals surface area contributed by atoms with Gasteiger partial charge < -0.3 is 38.5 Å². The second-order valence-electron chi connectivity index (χ2n) is 12.4. The molecular formula is C35H69NO9. The van der Waals surface area contributed by atoms with E-state index in [1.807, 2.05) is 20.8 Å². The van der Waals surface area contributed by atoms with Crippen LogP contribution in [0.4, 0.5) is 4.79 Å². The van der Waals surface area contributed by atoms with Crippen LogP contribution >= 0.6 is 0 Å². The van der Waals surface area contributed by atoms with E-state index in [1.165, 1.54) is 83.5 Å². The van der Waals surface area contributed by atoms with E-state index in [2.05, 4.69) is 12.2 Å². The zero-order valence-electron chi connectivity index (χ0n) is 29.5. The molecule has 0 unspecified atom stereocenters. The Hall–Kier alpha value is -1.46. The number of carbonyl (C=O) groups excluding carboxylic acids is 2. The summed E-state index contributed by atoms with van der Waals surface area (Å²) in [7, 11) is 0. The molecule has 0 aromatic rings. The van der Waals surface area contributed by atoms with Crippen LogP contribution in [0.25, 0.3) is 0 Å². The molecule has 0 saturated carbocycles. The molecule has 0 aliphatic rings. The van der Waals surface area contributed by atoms with Crippen LogP contribution < -0.4 is 5.32 Å². The van der Waals surface area contributed by atoms with Crippen molar-refractivity contribution in [2.45, 2.75) is 136 Å². The summed E-state index contributed by atoms with van der Waals surface area (Å²) in [4.78, 5) is 23.3. The molecule has 0 aromatic carbocycles. The number of amides is 1. The monoisotopic (exact) mass is 647 g/mol. The molecule has 45 heavy (non-hydrogen) atoms. The molecule has 10 heteroatoms. The Morgan fingerprint density at radius 2 is 0.844 bits per heavy atom. The largest absolute Gasteiger partial charge is 0.463 e. The number of rotatable bonds is 34. The van der Waals surface area contributed by atoms with Gasteiger partial charge in [0.05, 0.1) is 66.1 Å². The molecule has 0 fully saturated rings. The van der Waals surface area contributed by atoms with Crippen molar-refractivity contribution >= 4 is 12.1 Å². The number of unbranched alkanes of at least 4 members (excludes halogenated alkanes) is 14. The summed E-state index contributed by atoms with van der Waals surface area (Å²) in [6.45, 7) is 12.9. The van der Waals surface area contributed by atoms with Gasteiger partial charge in [-0.25, -0.2) is 4.79 Å². The van der Waals surface area contributed by atoms with Gasteiger partial charge in [-0.3, -0.25) is 4.79 Å². The van der Waals surface area contributed by atoms with Gasteiger partial charge in [-0.15, -0.1) is 0 Å². The van der Waals surface area contributed by atoms with Crippen molar-refractivity contribution in [3.8, 4) is 0 Å². The van der Waals surface area contributed by atoms with Gasteiger partial charge in [-0.2, -0.15) is 0 Å². The van der Waals surface area contributed by atoms with Gasteiger partial charge in [0, 0.05) is 13.0 Å². The maximum Gasteiger partial charge on any atom is 0.407 e. The molecule has 0 aliphatic carbocycles. The van der Waals surface area contributed by atoms with E-state index in [9.17, 15) is 9.59 Å². The maximum atomic E-state index is 11.9. The fourth-order valence-corrected chi connectivity index (χ4v) is 4.45. The van der Waals surface area contributed by atoms with Gasteiger partial charge in [-0.05, 0) is 27.2 Å². The van der Waals surface area contributed by atoms with Crippen molar-refractivity contribution in [2.24, 2.45) is 0 Å². The highest BCUT2D eigenvalue weighted by Gasteiger charge is 2.15. The third-order valence-electron chi connectivity index (χ3n) is 6.88. The predicted molar refractivity (Wildman–Crippen MR) is 179 cm³/mol. The molecule has 0 saturated heterocycles. The zero-order valence-corrected chi connectivity index (χ0v) is 29.5. The first kappa shape index (κ1) is 43.5. The standard InChI is InChI=1S/C35H69NO9/c1-5-6-7-8-9-10-11-12-13-14-15-16-17-18-19-20-33(37)44-32-31-43-30-29-42-28-27-41-26-25-40-24-23-39-22-21-36-34(38)45-35(2,3)4/h5-32H2,1-4H3,(H,36,38). The van der Waals surface area contributed by atoms with Gasteiger partial charge in [0.25, 0.3) is 0 Å². The van der Waals surface area contributed by atoms with Crippen molar-refractivity contribution in [2.75, 3.05) is 79.2 Å². The summed E-state index contributed by atoms with van der Waals surface area (Å²) in [6.07, 6.45) is 19.8. The summed E-state index contributed by atoms with van der Waals surface area (Å²) in [5, 5.41) is 2.63. The van der Waals surface area contributed by atoms with E-state index in [0.717, 1.165) is 12.8 Å². The van der Waals surface area contributed by atoms with Crippen molar-refractivity contribution in [3.05, 3.63) is 0 Å². The molecule has 0 rings (SSSR count). The number of ether oxygens (including phenoxy) is 7. The lowest BCUT2D eigenvalue weighted by Crippen LogP contribution is -2.34. The van der Waals surface area contributed by atoms with E-state index in [-0.39, 0.29) is 12.6 Å². The minimum absolute atomic E-state index is 0.134. The summed E-state index contributed by atoms with van der Waals surface area (Å²) in [6, 6.07) is 0. The van der Waals surface area contributed by atoms with Crippen LogP contribution in [0, 0.1) is 0 Å². The quantitative estimate of drug-likeness (QED) is 0.0564. The van der Waals surface area contributed by atoms with Crippen LogP contribution in [0.5, 0.6) is 0 Å². The van der Waals surface area contributed by atoms with E-state index in [1.54, 1.807) is 0 Å². The summed E-state index contributed by atoms with van der Waals surface area (Å²) < 4.78 is 37.6. The Kier molecular flexibility index (Phi) is 32.8. The van der Waals surface area contributed by atoms with Gasteiger partial charge in [0.15, 0.2) is 0 Å². The second kappa shape index (κ2) is 33.9. The minimum atomic E-state index is -0.509. The first-order valence-electron chi connectivity index (χ1n) is 17.9. The van der Waals surface area contributed by atoms with Crippen molar-refractivity contribution in [1.82, 2.24) is 5.32 Å². The molecule has 0 heterocycles. The lowest BCUT2D eigenvalue weighted by atomic mass is 10.0. The molecule has 268 valence electrons. The van der Waals surface area contributed by atoms with Crippen LogP contribution in [-0.4, -0.2) is 96.9 Å². The van der Waals surface area contributed by atoms with Crippen molar-refractivity contribution in [1.29, 1.82) is 0 Å². The number of hydrogen-bond donors (Lipinski definition) is 1. The minimum Gasteiger partial charge on any atom is -0.463 e. The first-order valence-corrected chi connectivity index (χ1v) is 17.9. The maximum absolute atomic E-state index is 11.9. The number of carbonyl (C=O) groups is 2. The lowest BCUT2D eigenvalue weighted by Gasteiger charge is -2.19. The lowest BCUT2D eigenvalue weighted by molar-refractivity contribution is -0.145.